The molecular weight excluding hydrogens is 440 g/mol. The van der Waals surface area contributed by atoms with Gasteiger partial charge in [0.15, 0.2) is 10.4 Å². The van der Waals surface area contributed by atoms with E-state index in [0.717, 1.165) is 5.56 Å². The van der Waals surface area contributed by atoms with Crippen molar-refractivity contribution in [2.45, 2.75) is 13.5 Å². The van der Waals surface area contributed by atoms with Crippen molar-refractivity contribution < 1.29 is 23.4 Å². The molecule has 4 aromatic rings. The van der Waals surface area contributed by atoms with Gasteiger partial charge >= 0.3 is 12.6 Å². The summed E-state index contributed by atoms with van der Waals surface area (Å²) in [5, 5.41) is 9.65. The maximum Gasteiger partial charge on any atom is 0.387 e. The van der Waals surface area contributed by atoms with Gasteiger partial charge in [0.05, 0.1) is 22.3 Å². The van der Waals surface area contributed by atoms with E-state index in [1.54, 1.807) is 12.1 Å². The van der Waals surface area contributed by atoms with Gasteiger partial charge in [0, 0.05) is 5.56 Å². The Bertz CT molecular complexity index is 1460. The second-order valence-electron chi connectivity index (χ2n) is 6.90. The molecule has 0 saturated carbocycles. The number of carboxylic acid groups (broad SMARTS) is 1. The van der Waals surface area contributed by atoms with Gasteiger partial charge in [-0.3, -0.25) is 14.3 Å². The van der Waals surface area contributed by atoms with Crippen molar-refractivity contribution in [2.75, 3.05) is 0 Å². The first-order valence-electron chi connectivity index (χ1n) is 9.30. The topological polar surface area (TPSA) is 97.2 Å². The van der Waals surface area contributed by atoms with Crippen LogP contribution in [0.15, 0.2) is 59.4 Å². The van der Waals surface area contributed by atoms with Gasteiger partial charge in [0.1, 0.15) is 5.75 Å². The molecule has 0 unspecified atom stereocenters. The van der Waals surface area contributed by atoms with Crippen molar-refractivity contribution in [1.82, 2.24) is 14.5 Å². The molecule has 2 N–H and O–H groups in total. The first kappa shape index (κ1) is 21.3. The van der Waals surface area contributed by atoms with Gasteiger partial charge in [0.25, 0.3) is 5.56 Å². The van der Waals surface area contributed by atoms with Crippen molar-refractivity contribution in [1.29, 1.82) is 0 Å². The molecule has 7 nitrogen and oxygen atoms in total. The van der Waals surface area contributed by atoms with Crippen LogP contribution in [-0.2, 0) is 0 Å². The number of carboxylic acids is 1. The number of hydrogen-bond acceptors (Lipinski definition) is 5. The monoisotopic (exact) mass is 455 g/mol. The molecule has 0 fully saturated rings. The average molecular weight is 455 g/mol. The third-order valence-corrected chi connectivity index (χ3v) is 5.01. The molecule has 2 heterocycles. The Hall–Kier alpha value is -3.92. The molecule has 4 rings (SSSR count). The summed E-state index contributed by atoms with van der Waals surface area (Å²) in [4.78, 5) is 31.7. The van der Waals surface area contributed by atoms with E-state index in [1.807, 2.05) is 19.1 Å². The fourth-order valence-electron chi connectivity index (χ4n) is 3.36. The zero-order chi connectivity index (χ0) is 23.0. The van der Waals surface area contributed by atoms with Crippen LogP contribution in [0.1, 0.15) is 15.9 Å². The van der Waals surface area contributed by atoms with E-state index in [1.165, 1.54) is 34.9 Å². The average Bonchev–Trinajstić information content (AvgIpc) is 2.73. The number of hydrogen-bond donors (Lipinski definition) is 2. The van der Waals surface area contributed by atoms with Crippen LogP contribution in [0.2, 0.25) is 0 Å². The number of H-pyrrole nitrogens is 1. The molecular formula is C22H15F2N3O4S. The molecule has 32 heavy (non-hydrogen) atoms. The SMILES string of the molecule is Cc1cccc(-n2c(=S)[nH]c(=O)c3c(C(=O)O)cc(-c4ccc(OC(F)F)cc4)nc32)c1. The second kappa shape index (κ2) is 8.31. The van der Waals surface area contributed by atoms with Crippen LogP contribution < -0.4 is 10.3 Å². The minimum Gasteiger partial charge on any atom is -0.478 e. The van der Waals surface area contributed by atoms with Crippen molar-refractivity contribution in [3.63, 3.8) is 0 Å². The van der Waals surface area contributed by atoms with E-state index < -0.39 is 18.1 Å². The van der Waals surface area contributed by atoms with Crippen molar-refractivity contribution in [3.05, 3.63) is 80.8 Å². The molecule has 0 saturated heterocycles. The number of aryl methyl sites for hydroxylation is 1. The highest BCUT2D eigenvalue weighted by molar-refractivity contribution is 7.71. The summed E-state index contributed by atoms with van der Waals surface area (Å²) in [5.74, 6) is -1.38. The van der Waals surface area contributed by atoms with Crippen molar-refractivity contribution >= 4 is 29.2 Å². The summed E-state index contributed by atoms with van der Waals surface area (Å²) in [6, 6.07) is 14.1. The fraction of sp³-hybridized carbons (Fsp3) is 0.0909. The zero-order valence-corrected chi connectivity index (χ0v) is 17.3. The Morgan fingerprint density at radius 1 is 1.19 bits per heavy atom. The smallest absolute Gasteiger partial charge is 0.387 e. The van der Waals surface area contributed by atoms with Gasteiger partial charge in [0.2, 0.25) is 0 Å². The van der Waals surface area contributed by atoms with Gasteiger partial charge in [-0.1, -0.05) is 12.1 Å². The number of aromatic nitrogens is 3. The normalized spacial score (nSPS) is 11.1. The van der Waals surface area contributed by atoms with Crippen molar-refractivity contribution in [2.24, 2.45) is 0 Å². The highest BCUT2D eigenvalue weighted by Gasteiger charge is 2.20. The Balaban J connectivity index is 2.03. The number of nitrogens with one attached hydrogen (secondary N) is 1. The lowest BCUT2D eigenvalue weighted by atomic mass is 10.1. The van der Waals surface area contributed by atoms with Crippen LogP contribution in [-0.4, -0.2) is 32.2 Å². The quantitative estimate of drug-likeness (QED) is 0.423. The molecule has 0 aliphatic rings. The number of pyridine rings is 1. The number of fused-ring (bicyclic) bond motifs is 1. The van der Waals surface area contributed by atoms with Crippen molar-refractivity contribution in [3.8, 4) is 22.7 Å². The van der Waals surface area contributed by atoms with E-state index in [-0.39, 0.29) is 32.8 Å². The van der Waals surface area contributed by atoms with Crippen LogP contribution in [0.5, 0.6) is 5.75 Å². The summed E-state index contributed by atoms with van der Waals surface area (Å²) in [7, 11) is 0. The number of halogens is 2. The standard InChI is InChI=1S/C22H15F2N3O4S/c1-11-3-2-4-13(9-11)27-18-17(19(28)26-22(27)32)15(20(29)30)10-16(25-18)12-5-7-14(8-6-12)31-21(23)24/h2-10,21H,1H3,(H,29,30)(H,26,28,32). The minimum absolute atomic E-state index is 0.0507. The van der Waals surface area contributed by atoms with Gasteiger partial charge < -0.3 is 9.84 Å². The number of aromatic amines is 1. The van der Waals surface area contributed by atoms with Gasteiger partial charge in [-0.2, -0.15) is 8.78 Å². The zero-order valence-electron chi connectivity index (χ0n) is 16.5. The third kappa shape index (κ3) is 4.00. The largest absolute Gasteiger partial charge is 0.478 e. The summed E-state index contributed by atoms with van der Waals surface area (Å²) >= 11 is 5.35. The molecule has 162 valence electrons. The summed E-state index contributed by atoms with van der Waals surface area (Å²) in [5.41, 5.74) is 1.30. The van der Waals surface area contributed by atoms with Crippen LogP contribution in [0, 0.1) is 11.7 Å². The first-order chi connectivity index (χ1) is 15.2. The number of rotatable bonds is 5. The van der Waals surface area contributed by atoms with Crippen LogP contribution >= 0.6 is 12.2 Å². The Morgan fingerprint density at radius 3 is 2.53 bits per heavy atom. The number of nitrogens with zero attached hydrogens (tertiary/aromatic N) is 2. The molecule has 2 aromatic carbocycles. The number of ether oxygens (including phenoxy) is 1. The minimum atomic E-state index is -2.97. The summed E-state index contributed by atoms with van der Waals surface area (Å²) < 4.78 is 30.7. The third-order valence-electron chi connectivity index (χ3n) is 4.73. The number of aromatic carboxylic acids is 1. The maximum absolute atomic E-state index is 12.6. The maximum atomic E-state index is 12.6. The second-order valence-corrected chi connectivity index (χ2v) is 7.28. The predicted octanol–water partition coefficient (Wildman–Crippen LogP) is 4.72. The molecule has 10 heteroatoms. The Kier molecular flexibility index (Phi) is 5.54. The van der Waals surface area contributed by atoms with Gasteiger partial charge in [-0.25, -0.2) is 9.78 Å². The molecule has 2 aromatic heterocycles. The number of carbonyl (C=O) groups is 1. The summed E-state index contributed by atoms with van der Waals surface area (Å²) in [6.45, 7) is -1.09. The molecule has 0 aliphatic heterocycles. The molecule has 0 spiro atoms. The van der Waals surface area contributed by atoms with Crippen LogP contribution in [0.4, 0.5) is 8.78 Å². The lowest BCUT2D eigenvalue weighted by Crippen LogP contribution is -2.18. The molecule has 0 bridgehead atoms. The Labute approximate surface area is 184 Å². The Morgan fingerprint density at radius 2 is 1.91 bits per heavy atom. The molecule has 0 atom stereocenters. The molecule has 0 aliphatic carbocycles. The van der Waals surface area contributed by atoms with Crippen LogP contribution in [0.25, 0.3) is 28.0 Å². The fourth-order valence-corrected chi connectivity index (χ4v) is 3.64. The highest BCUT2D eigenvalue weighted by atomic mass is 32.1. The van der Waals surface area contributed by atoms with E-state index in [9.17, 15) is 23.5 Å². The predicted molar refractivity (Wildman–Crippen MR) is 116 cm³/mol. The lowest BCUT2D eigenvalue weighted by molar-refractivity contribution is -0.0498. The van der Waals surface area contributed by atoms with E-state index in [0.29, 0.717) is 11.3 Å². The highest BCUT2D eigenvalue weighted by Crippen LogP contribution is 2.27. The van der Waals surface area contributed by atoms with Gasteiger partial charge in [-0.05, 0) is 67.2 Å². The number of alkyl halides is 2. The van der Waals surface area contributed by atoms with E-state index in [2.05, 4.69) is 14.7 Å². The molecule has 0 amide bonds. The first-order valence-corrected chi connectivity index (χ1v) is 9.71. The van der Waals surface area contributed by atoms with Crippen LogP contribution in [0.3, 0.4) is 0 Å². The van der Waals surface area contributed by atoms with Gasteiger partial charge in [-0.15, -0.1) is 0 Å². The van der Waals surface area contributed by atoms with E-state index >= 15 is 0 Å². The number of benzene rings is 2. The van der Waals surface area contributed by atoms with E-state index in [4.69, 9.17) is 12.2 Å². The molecule has 0 radical (unpaired) electrons. The summed E-state index contributed by atoms with van der Waals surface area (Å²) in [6.07, 6.45) is 0. The lowest BCUT2D eigenvalue weighted by Gasteiger charge is -2.14.